The van der Waals surface area contributed by atoms with Crippen LogP contribution in [-0.2, 0) is 29.5 Å². The number of nitrogens with zero attached hydrogens (tertiary/aromatic N) is 2. The molecule has 0 saturated heterocycles. The molecule has 0 aliphatic heterocycles. The third-order valence-electron chi connectivity index (χ3n) is 1.19. The summed E-state index contributed by atoms with van der Waals surface area (Å²) in [5, 5.41) is 0. The van der Waals surface area contributed by atoms with Gasteiger partial charge in [-0.15, -0.1) is 8.67 Å². The Kier molecular flexibility index (Phi) is 23.8. The molecule has 0 radical (unpaired) electrons. The minimum absolute atomic E-state index is 0. The predicted molar refractivity (Wildman–Crippen MR) is 58.7 cm³/mol. The normalized spacial score (nSPS) is 11.2. The van der Waals surface area contributed by atoms with Crippen LogP contribution in [0.3, 0.4) is 0 Å². The molecular weight excluding hydrogens is 370 g/mol. The van der Waals surface area contributed by atoms with Crippen molar-refractivity contribution in [1.29, 1.82) is 0 Å². The Balaban J connectivity index is -0.000000119. The summed E-state index contributed by atoms with van der Waals surface area (Å²) in [4.78, 5) is 4.36. The molecule has 0 aliphatic carbocycles. The molecule has 0 atom stereocenters. The molecule has 20 heavy (non-hydrogen) atoms. The molecule has 14 heteroatoms. The summed E-state index contributed by atoms with van der Waals surface area (Å²) in [5.74, 6) is 0. The first-order valence-corrected chi connectivity index (χ1v) is 7.09. The summed E-state index contributed by atoms with van der Waals surface area (Å²) in [6.45, 7) is 2.29. The van der Waals surface area contributed by atoms with E-state index >= 15 is 0 Å². The van der Waals surface area contributed by atoms with Crippen molar-refractivity contribution in [3.05, 3.63) is 0 Å². The summed E-state index contributed by atoms with van der Waals surface area (Å²) < 4.78 is 61.5. The van der Waals surface area contributed by atoms with Crippen LogP contribution in [0.25, 0.3) is 0 Å². The molecule has 0 N–H and O–H groups in total. The van der Waals surface area contributed by atoms with Gasteiger partial charge >= 0.3 is 103 Å². The molecule has 0 aromatic heterocycles. The van der Waals surface area contributed by atoms with Crippen LogP contribution in [0, 0.1) is 0 Å². The van der Waals surface area contributed by atoms with Gasteiger partial charge in [0.25, 0.3) is 0 Å². The Bertz CT molecular complexity index is 371. The minimum Gasteiger partial charge on any atom is -0.724 e. The average Bonchev–Trinajstić information content (AvgIpc) is 2.10. The van der Waals surface area contributed by atoms with Gasteiger partial charge < -0.3 is 18.9 Å². The third kappa shape index (κ3) is 37.3. The van der Waals surface area contributed by atoms with Gasteiger partial charge in [-0.3, -0.25) is 0 Å². The van der Waals surface area contributed by atoms with E-state index in [0.717, 1.165) is 13.1 Å². The SMILES string of the molecule is CN(C)CCN(C)C.O=S(=O)([O-])OOS(=O)(=O)[O-].[K+].[K+]. The quantitative estimate of drug-likeness (QED) is 0.142. The standard InChI is InChI=1S/C6H16N2.2K.H2O8S2/c1-7(2)5-6-8(3)4;;;1-9(2,3)7-8-10(4,5)6/h5-6H2,1-4H3;;;(H,1,2,3)(H,4,5,6)/q;2*+1;/p-2. The maximum Gasteiger partial charge on any atom is 1.00 e. The van der Waals surface area contributed by atoms with E-state index in [0.29, 0.717) is 0 Å². The summed E-state index contributed by atoms with van der Waals surface area (Å²) in [7, 11) is -2.27. The molecule has 0 aromatic carbocycles. The van der Waals surface area contributed by atoms with Crippen LogP contribution in [-0.4, -0.2) is 77.0 Å². The topological polar surface area (TPSA) is 139 Å². The molecule has 0 unspecified atom stereocenters. The van der Waals surface area contributed by atoms with Crippen molar-refractivity contribution >= 4 is 20.8 Å². The van der Waals surface area contributed by atoms with E-state index in [-0.39, 0.29) is 103 Å². The van der Waals surface area contributed by atoms with Gasteiger partial charge in [-0.05, 0) is 28.2 Å². The number of hydrogen-bond donors (Lipinski definition) is 0. The summed E-state index contributed by atoms with van der Waals surface area (Å²) in [6.07, 6.45) is 0. The van der Waals surface area contributed by atoms with Gasteiger partial charge in [-0.25, -0.2) is 16.8 Å². The van der Waals surface area contributed by atoms with E-state index in [2.05, 4.69) is 46.7 Å². The molecule has 0 saturated carbocycles. The molecule has 0 bridgehead atoms. The first-order valence-electron chi connectivity index (χ1n) is 4.42. The number of rotatable bonds is 6. The third-order valence-corrected chi connectivity index (χ3v) is 1.74. The van der Waals surface area contributed by atoms with E-state index in [1.807, 2.05) is 0 Å². The van der Waals surface area contributed by atoms with Crippen LogP contribution in [0.15, 0.2) is 0 Å². The largest absolute Gasteiger partial charge is 1.00 e. The maximum atomic E-state index is 9.37. The van der Waals surface area contributed by atoms with Crippen molar-refractivity contribution in [2.45, 2.75) is 0 Å². The molecule has 0 aliphatic rings. The van der Waals surface area contributed by atoms with Crippen LogP contribution in [0.5, 0.6) is 0 Å². The van der Waals surface area contributed by atoms with Gasteiger partial charge in [-0.2, -0.15) is 0 Å². The van der Waals surface area contributed by atoms with Crippen molar-refractivity contribution in [3.63, 3.8) is 0 Å². The predicted octanol–water partition coefficient (Wildman–Crippen LogP) is -8.03. The second-order valence-corrected chi connectivity index (χ2v) is 5.46. The maximum absolute atomic E-state index is 9.37. The fourth-order valence-corrected chi connectivity index (χ4v) is 1.01. The van der Waals surface area contributed by atoms with E-state index in [4.69, 9.17) is 0 Å². The molecule has 0 spiro atoms. The van der Waals surface area contributed by atoms with Crippen LogP contribution >= 0.6 is 0 Å². The second-order valence-electron chi connectivity index (χ2n) is 3.56. The molecule has 0 amide bonds. The van der Waals surface area contributed by atoms with Gasteiger partial charge in [-0.1, -0.05) is 0 Å². The van der Waals surface area contributed by atoms with Gasteiger partial charge in [0.2, 0.25) is 20.8 Å². The zero-order valence-corrected chi connectivity index (χ0v) is 20.3. The van der Waals surface area contributed by atoms with Gasteiger partial charge in [0.1, 0.15) is 0 Å². The van der Waals surface area contributed by atoms with E-state index in [9.17, 15) is 25.9 Å². The van der Waals surface area contributed by atoms with Crippen LogP contribution in [0.4, 0.5) is 0 Å². The van der Waals surface area contributed by atoms with E-state index in [1.165, 1.54) is 0 Å². The van der Waals surface area contributed by atoms with Crippen LogP contribution < -0.4 is 103 Å². The summed E-state index contributed by atoms with van der Waals surface area (Å²) >= 11 is 0. The monoisotopic (exact) mass is 386 g/mol. The van der Waals surface area contributed by atoms with Crippen LogP contribution in [0.2, 0.25) is 0 Å². The zero-order chi connectivity index (χ0) is 15.0. The number of hydrogen-bond acceptors (Lipinski definition) is 10. The Morgan fingerprint density at radius 3 is 1.05 bits per heavy atom. The van der Waals surface area contributed by atoms with Crippen molar-refractivity contribution in [3.8, 4) is 0 Å². The van der Waals surface area contributed by atoms with Gasteiger partial charge in [0.05, 0.1) is 0 Å². The first-order chi connectivity index (χ1) is 7.83. The Hall–Kier alpha value is 2.93. The molecule has 0 heterocycles. The molecule has 10 nitrogen and oxygen atoms in total. The first kappa shape index (κ1) is 30.8. The zero-order valence-electron chi connectivity index (χ0n) is 12.4. The summed E-state index contributed by atoms with van der Waals surface area (Å²) in [6, 6.07) is 0. The van der Waals surface area contributed by atoms with Gasteiger partial charge in [0, 0.05) is 13.1 Å². The Labute approximate surface area is 205 Å². The molecule has 0 aromatic rings. The minimum atomic E-state index is -5.31. The van der Waals surface area contributed by atoms with Gasteiger partial charge in [0.15, 0.2) is 0 Å². The molecule has 0 fully saturated rings. The summed E-state index contributed by atoms with van der Waals surface area (Å²) in [5.41, 5.74) is 0. The molecule has 0 rings (SSSR count). The van der Waals surface area contributed by atoms with Crippen LogP contribution in [0.1, 0.15) is 0 Å². The fourth-order valence-electron chi connectivity index (χ4n) is 0.468. The Morgan fingerprint density at radius 1 is 0.750 bits per heavy atom. The average molecular weight is 387 g/mol. The van der Waals surface area contributed by atoms with Crippen molar-refractivity contribution < 1.29 is 137 Å². The van der Waals surface area contributed by atoms with Crippen molar-refractivity contribution in [2.75, 3.05) is 41.3 Å². The number of likely N-dealkylation sites (N-methyl/N-ethyl adjacent to an activating group) is 2. The van der Waals surface area contributed by atoms with Crippen molar-refractivity contribution in [1.82, 2.24) is 9.80 Å². The van der Waals surface area contributed by atoms with Crippen molar-refractivity contribution in [2.24, 2.45) is 0 Å². The van der Waals surface area contributed by atoms with E-state index < -0.39 is 20.8 Å². The van der Waals surface area contributed by atoms with E-state index in [1.54, 1.807) is 0 Å². The molecular formula is C6H16K2N2O8S2. The Morgan fingerprint density at radius 2 is 0.950 bits per heavy atom. The fraction of sp³-hybridized carbons (Fsp3) is 1.00. The molecule has 112 valence electrons. The smallest absolute Gasteiger partial charge is 0.724 e. The second kappa shape index (κ2) is 15.5.